The molecular formula is C17H30N2O10. The number of carbonyl (C=O) groups excluding carboxylic acids is 2. The lowest BCUT2D eigenvalue weighted by atomic mass is 9.92. The van der Waals surface area contributed by atoms with Crippen molar-refractivity contribution in [2.24, 2.45) is 0 Å². The van der Waals surface area contributed by atoms with Gasteiger partial charge in [0.15, 0.2) is 6.29 Å². The Hall–Kier alpha value is -1.38. The molecule has 0 aromatic carbocycles. The third kappa shape index (κ3) is 5.41. The highest BCUT2D eigenvalue weighted by Crippen LogP contribution is 2.29. The fraction of sp³-hybridized carbons (Fsp3) is 0.882. The molecule has 10 unspecified atom stereocenters. The minimum Gasteiger partial charge on any atom is -0.394 e. The average Bonchev–Trinajstić information content (AvgIpc) is 2.65. The van der Waals surface area contributed by atoms with E-state index in [1.165, 1.54) is 13.8 Å². The summed E-state index contributed by atoms with van der Waals surface area (Å²) >= 11 is 0. The zero-order valence-electron chi connectivity index (χ0n) is 16.5. The number of aliphatic hydroxyl groups excluding tert-OH is 5. The molecule has 12 nitrogen and oxygen atoms in total. The monoisotopic (exact) mass is 422 g/mol. The number of aliphatic hydroxyl groups is 5. The van der Waals surface area contributed by atoms with Crippen LogP contribution < -0.4 is 10.6 Å². The van der Waals surface area contributed by atoms with E-state index in [1.807, 2.05) is 0 Å². The van der Waals surface area contributed by atoms with E-state index >= 15 is 0 Å². The van der Waals surface area contributed by atoms with Crippen molar-refractivity contribution in [2.45, 2.75) is 81.9 Å². The average molecular weight is 422 g/mol. The lowest BCUT2D eigenvalue weighted by molar-refractivity contribution is -0.308. The molecule has 0 aliphatic carbocycles. The van der Waals surface area contributed by atoms with E-state index in [9.17, 15) is 35.1 Å². The van der Waals surface area contributed by atoms with Crippen LogP contribution in [0.15, 0.2) is 0 Å². The first kappa shape index (κ1) is 23.9. The van der Waals surface area contributed by atoms with E-state index in [-0.39, 0.29) is 0 Å². The molecule has 168 valence electrons. The van der Waals surface area contributed by atoms with Gasteiger partial charge in [-0.15, -0.1) is 0 Å². The Kier molecular flexibility index (Phi) is 8.31. The van der Waals surface area contributed by atoms with Gasteiger partial charge >= 0.3 is 0 Å². The summed E-state index contributed by atoms with van der Waals surface area (Å²) in [5.41, 5.74) is 0. The molecule has 2 amide bonds. The molecule has 2 heterocycles. The maximum absolute atomic E-state index is 11.6. The zero-order valence-corrected chi connectivity index (χ0v) is 16.5. The van der Waals surface area contributed by atoms with E-state index in [2.05, 4.69) is 10.6 Å². The maximum Gasteiger partial charge on any atom is 0.217 e. The number of ether oxygens (including phenoxy) is 3. The number of hydrogen-bond acceptors (Lipinski definition) is 10. The van der Waals surface area contributed by atoms with Crippen LogP contribution in [0.4, 0.5) is 0 Å². The van der Waals surface area contributed by atoms with Crippen LogP contribution in [0, 0.1) is 0 Å². The topological polar surface area (TPSA) is 187 Å². The minimum absolute atomic E-state index is 0.416. The Balaban J connectivity index is 2.31. The van der Waals surface area contributed by atoms with Gasteiger partial charge in [-0.05, 0) is 6.92 Å². The Morgan fingerprint density at radius 1 is 0.862 bits per heavy atom. The molecule has 0 aromatic heterocycles. The predicted octanol–water partition coefficient (Wildman–Crippen LogP) is -4.04. The van der Waals surface area contributed by atoms with Gasteiger partial charge in [0, 0.05) is 13.8 Å². The molecule has 2 rings (SSSR count). The molecule has 0 aromatic rings. The lowest BCUT2D eigenvalue weighted by Gasteiger charge is -2.48. The highest BCUT2D eigenvalue weighted by atomic mass is 16.7. The fourth-order valence-corrected chi connectivity index (χ4v) is 3.62. The summed E-state index contributed by atoms with van der Waals surface area (Å²) < 4.78 is 16.9. The van der Waals surface area contributed by atoms with Gasteiger partial charge in [0.25, 0.3) is 0 Å². The van der Waals surface area contributed by atoms with Gasteiger partial charge in [-0.2, -0.15) is 0 Å². The van der Waals surface area contributed by atoms with Gasteiger partial charge in [-0.1, -0.05) is 0 Å². The molecule has 12 heteroatoms. The molecule has 7 N–H and O–H groups in total. The summed E-state index contributed by atoms with van der Waals surface area (Å²) in [6.07, 6.45) is -9.81. The van der Waals surface area contributed by atoms with Crippen molar-refractivity contribution in [2.75, 3.05) is 13.2 Å². The summed E-state index contributed by atoms with van der Waals surface area (Å²) in [5, 5.41) is 55.0. The molecule has 0 saturated carbocycles. The first-order valence-electron chi connectivity index (χ1n) is 9.37. The molecule has 2 fully saturated rings. The van der Waals surface area contributed by atoms with Crippen LogP contribution in [0.5, 0.6) is 0 Å². The SMILES string of the molecule is CC(=O)NC1C(OC2C(O)C(CO)OC(C)C2NC(C)=O)OC(CO)C(O)C1O. The van der Waals surface area contributed by atoms with E-state index < -0.39 is 86.1 Å². The van der Waals surface area contributed by atoms with Crippen LogP contribution >= 0.6 is 0 Å². The molecule has 10 atom stereocenters. The quantitative estimate of drug-likeness (QED) is 0.222. The minimum atomic E-state index is -1.53. The summed E-state index contributed by atoms with van der Waals surface area (Å²) in [6.45, 7) is 2.94. The summed E-state index contributed by atoms with van der Waals surface area (Å²) in [6, 6.07) is -2.07. The second kappa shape index (κ2) is 10.1. The number of nitrogens with one attached hydrogen (secondary N) is 2. The van der Waals surface area contributed by atoms with E-state index in [1.54, 1.807) is 6.92 Å². The van der Waals surface area contributed by atoms with Crippen molar-refractivity contribution in [3.63, 3.8) is 0 Å². The van der Waals surface area contributed by atoms with Gasteiger partial charge in [0.05, 0.1) is 25.4 Å². The molecular weight excluding hydrogens is 392 g/mol. The molecule has 2 aliphatic rings. The van der Waals surface area contributed by atoms with Gasteiger partial charge < -0.3 is 50.4 Å². The summed E-state index contributed by atoms with van der Waals surface area (Å²) in [4.78, 5) is 23.2. The predicted molar refractivity (Wildman–Crippen MR) is 95.3 cm³/mol. The van der Waals surface area contributed by atoms with Crippen molar-refractivity contribution in [3.05, 3.63) is 0 Å². The van der Waals surface area contributed by atoms with E-state index in [0.717, 1.165) is 0 Å². The summed E-state index contributed by atoms with van der Waals surface area (Å²) in [7, 11) is 0. The van der Waals surface area contributed by atoms with Crippen LogP contribution in [0.3, 0.4) is 0 Å². The van der Waals surface area contributed by atoms with Crippen LogP contribution in [-0.2, 0) is 23.8 Å². The van der Waals surface area contributed by atoms with E-state index in [4.69, 9.17) is 14.2 Å². The standard InChI is InChI=1S/C17H30N2O10/c1-6-11(18-7(2)22)16(14(25)10(5-21)27-6)29-17-12(19-8(3)23)15(26)13(24)9(4-20)28-17/h6,9-17,20-21,24-26H,4-5H2,1-3H3,(H,18,22)(H,19,23). The van der Waals surface area contributed by atoms with Crippen molar-refractivity contribution < 1.29 is 49.3 Å². The Bertz CT molecular complexity index is 578. The maximum atomic E-state index is 11.6. The normalized spacial score (nSPS) is 42.9. The van der Waals surface area contributed by atoms with Gasteiger partial charge in [0.1, 0.15) is 42.7 Å². The third-order valence-electron chi connectivity index (χ3n) is 5.06. The summed E-state index contributed by atoms with van der Waals surface area (Å²) in [5.74, 6) is -0.950. The van der Waals surface area contributed by atoms with Crippen LogP contribution in [-0.4, -0.2) is 112 Å². The van der Waals surface area contributed by atoms with Gasteiger partial charge in [-0.3, -0.25) is 9.59 Å². The Morgan fingerprint density at radius 3 is 1.90 bits per heavy atom. The highest BCUT2D eigenvalue weighted by molar-refractivity contribution is 5.73. The first-order valence-corrected chi connectivity index (χ1v) is 9.37. The molecule has 0 radical (unpaired) electrons. The molecule has 29 heavy (non-hydrogen) atoms. The van der Waals surface area contributed by atoms with Crippen molar-refractivity contribution >= 4 is 11.8 Å². The number of carbonyl (C=O) groups is 2. The molecule has 2 aliphatic heterocycles. The largest absolute Gasteiger partial charge is 0.394 e. The second-order valence-corrected chi connectivity index (χ2v) is 7.31. The van der Waals surface area contributed by atoms with Crippen LogP contribution in [0.2, 0.25) is 0 Å². The molecule has 0 spiro atoms. The van der Waals surface area contributed by atoms with Crippen molar-refractivity contribution in [3.8, 4) is 0 Å². The van der Waals surface area contributed by atoms with E-state index in [0.29, 0.717) is 0 Å². The number of rotatable bonds is 6. The lowest BCUT2D eigenvalue weighted by Crippen LogP contribution is -2.69. The van der Waals surface area contributed by atoms with Crippen LogP contribution in [0.25, 0.3) is 0 Å². The Morgan fingerprint density at radius 2 is 1.38 bits per heavy atom. The molecule has 2 saturated heterocycles. The highest BCUT2D eigenvalue weighted by Gasteiger charge is 2.50. The second-order valence-electron chi connectivity index (χ2n) is 7.31. The van der Waals surface area contributed by atoms with Gasteiger partial charge in [0.2, 0.25) is 11.8 Å². The molecule has 0 bridgehead atoms. The van der Waals surface area contributed by atoms with Gasteiger partial charge in [-0.25, -0.2) is 0 Å². The Labute approximate surface area is 167 Å². The zero-order chi connectivity index (χ0) is 21.9. The van der Waals surface area contributed by atoms with Crippen molar-refractivity contribution in [1.82, 2.24) is 10.6 Å². The first-order chi connectivity index (χ1) is 13.6. The van der Waals surface area contributed by atoms with Crippen molar-refractivity contribution in [1.29, 1.82) is 0 Å². The van der Waals surface area contributed by atoms with Crippen LogP contribution in [0.1, 0.15) is 20.8 Å². The smallest absolute Gasteiger partial charge is 0.217 e. The third-order valence-corrected chi connectivity index (χ3v) is 5.06. The number of amides is 2. The number of hydrogen-bond donors (Lipinski definition) is 7. The fourth-order valence-electron chi connectivity index (χ4n) is 3.62.